The Morgan fingerprint density at radius 2 is 1.88 bits per heavy atom. The molecule has 0 aromatic heterocycles. The van der Waals surface area contributed by atoms with Crippen LogP contribution in [0.4, 0.5) is 0 Å². The Bertz CT molecular complexity index is 275. The largest absolute Gasteiger partial charge is 0.316 e. The fourth-order valence-corrected chi connectivity index (χ4v) is 2.80. The van der Waals surface area contributed by atoms with Gasteiger partial charge in [-0.05, 0) is 38.3 Å². The highest BCUT2D eigenvalue weighted by Crippen LogP contribution is 2.18. The minimum Gasteiger partial charge on any atom is -0.316 e. The van der Waals surface area contributed by atoms with Gasteiger partial charge in [-0.25, -0.2) is 12.7 Å². The van der Waals surface area contributed by atoms with E-state index in [1.165, 1.54) is 6.26 Å². The number of hydrogen-bond acceptors (Lipinski definition) is 3. The molecule has 16 heavy (non-hydrogen) atoms. The van der Waals surface area contributed by atoms with Gasteiger partial charge in [0.05, 0.1) is 6.26 Å². The summed E-state index contributed by atoms with van der Waals surface area (Å²) in [5.74, 6) is 0.648. The van der Waals surface area contributed by atoms with Gasteiger partial charge >= 0.3 is 0 Å². The molecule has 1 rings (SSSR count). The third-order valence-electron chi connectivity index (χ3n) is 2.90. The van der Waals surface area contributed by atoms with Gasteiger partial charge in [0.15, 0.2) is 0 Å². The topological polar surface area (TPSA) is 49.4 Å². The molecule has 0 amide bonds. The van der Waals surface area contributed by atoms with Gasteiger partial charge in [0.25, 0.3) is 0 Å². The summed E-state index contributed by atoms with van der Waals surface area (Å²) in [5.41, 5.74) is 0. The maximum absolute atomic E-state index is 11.3. The zero-order valence-corrected chi connectivity index (χ0v) is 11.7. The number of nitrogens with one attached hydrogen (secondary N) is 1. The molecule has 0 unspecified atom stereocenters. The summed E-state index contributed by atoms with van der Waals surface area (Å²) in [6.45, 7) is 5.63. The fourth-order valence-electron chi connectivity index (χ4n) is 1.93. The molecule has 98 valence electrons. The van der Waals surface area contributed by atoms with Crippen LogP contribution in [0.5, 0.6) is 0 Å². The summed E-state index contributed by atoms with van der Waals surface area (Å²) < 4.78 is 24.1. The zero-order valence-electron chi connectivity index (χ0n) is 10.1. The van der Waals surface area contributed by atoms with Gasteiger partial charge in [0.1, 0.15) is 0 Å². The summed E-state index contributed by atoms with van der Waals surface area (Å²) >= 11 is 0. The monoisotopic (exact) mass is 270 g/mol. The van der Waals surface area contributed by atoms with Crippen LogP contribution < -0.4 is 5.32 Å². The molecule has 0 atom stereocenters. The number of sulfonamides is 1. The molecule has 0 bridgehead atoms. The van der Waals surface area contributed by atoms with Gasteiger partial charge in [0, 0.05) is 13.1 Å². The van der Waals surface area contributed by atoms with Crippen LogP contribution in [0.1, 0.15) is 26.2 Å². The predicted molar refractivity (Wildman–Crippen MR) is 69.5 cm³/mol. The number of nitrogens with zero attached hydrogens (tertiary/aromatic N) is 1. The molecule has 0 aromatic rings. The van der Waals surface area contributed by atoms with Crippen molar-refractivity contribution in [1.29, 1.82) is 0 Å². The first kappa shape index (κ1) is 16.2. The molecule has 0 spiro atoms. The van der Waals surface area contributed by atoms with Crippen molar-refractivity contribution < 1.29 is 8.42 Å². The van der Waals surface area contributed by atoms with Crippen LogP contribution in [0.3, 0.4) is 0 Å². The maximum atomic E-state index is 11.3. The van der Waals surface area contributed by atoms with Crippen LogP contribution >= 0.6 is 12.4 Å². The first-order valence-corrected chi connectivity index (χ1v) is 7.54. The normalized spacial score (nSPS) is 19.4. The summed E-state index contributed by atoms with van der Waals surface area (Å²) in [4.78, 5) is 0. The second-order valence-electron chi connectivity index (χ2n) is 4.31. The number of piperidine rings is 1. The lowest BCUT2D eigenvalue weighted by Crippen LogP contribution is -2.40. The lowest BCUT2D eigenvalue weighted by Gasteiger charge is -2.30. The molecule has 1 N–H and O–H groups in total. The summed E-state index contributed by atoms with van der Waals surface area (Å²) in [6, 6.07) is 0. The highest BCUT2D eigenvalue weighted by atomic mass is 35.5. The molecule has 0 saturated carbocycles. The molecule has 4 nitrogen and oxygen atoms in total. The Balaban J connectivity index is 0.00000225. The van der Waals surface area contributed by atoms with E-state index in [0.29, 0.717) is 19.0 Å². The Labute approximate surface area is 105 Å². The number of hydrogen-bond donors (Lipinski definition) is 1. The lowest BCUT2D eigenvalue weighted by atomic mass is 9.98. The second kappa shape index (κ2) is 7.48. The minimum atomic E-state index is -2.96. The molecule has 1 fully saturated rings. The van der Waals surface area contributed by atoms with Crippen LogP contribution in [0.2, 0.25) is 0 Å². The standard InChI is InChI=1S/C10H22N2O2S.ClH/c1-3-6-11-9-10-4-7-12(8-5-10)15(2,13)14;/h10-11H,3-9H2,1-2H3;1H. The number of halogens is 1. The molecule has 1 aliphatic rings. The van der Waals surface area contributed by atoms with Crippen molar-refractivity contribution in [3.8, 4) is 0 Å². The first-order chi connectivity index (χ1) is 7.04. The molecule has 1 saturated heterocycles. The number of rotatable bonds is 5. The zero-order chi connectivity index (χ0) is 11.3. The van der Waals surface area contributed by atoms with E-state index >= 15 is 0 Å². The van der Waals surface area contributed by atoms with Gasteiger partial charge in [0.2, 0.25) is 10.0 Å². The minimum absolute atomic E-state index is 0. The van der Waals surface area contributed by atoms with E-state index in [0.717, 1.165) is 32.4 Å². The summed E-state index contributed by atoms with van der Waals surface area (Å²) in [7, 11) is -2.96. The summed E-state index contributed by atoms with van der Waals surface area (Å²) in [6.07, 6.45) is 4.43. The van der Waals surface area contributed by atoms with Gasteiger partial charge in [-0.1, -0.05) is 6.92 Å². The van der Waals surface area contributed by atoms with Crippen LogP contribution in [-0.2, 0) is 10.0 Å². The Morgan fingerprint density at radius 1 is 1.31 bits per heavy atom. The molecular weight excluding hydrogens is 248 g/mol. The van der Waals surface area contributed by atoms with Gasteiger partial charge in [-0.15, -0.1) is 12.4 Å². The van der Waals surface area contributed by atoms with E-state index in [4.69, 9.17) is 0 Å². The van der Waals surface area contributed by atoms with E-state index in [2.05, 4.69) is 12.2 Å². The van der Waals surface area contributed by atoms with Crippen molar-refractivity contribution in [2.45, 2.75) is 26.2 Å². The van der Waals surface area contributed by atoms with Crippen molar-refractivity contribution in [3.05, 3.63) is 0 Å². The Kier molecular flexibility index (Phi) is 7.55. The maximum Gasteiger partial charge on any atom is 0.211 e. The Hall–Kier alpha value is 0.160. The quantitative estimate of drug-likeness (QED) is 0.761. The average molecular weight is 271 g/mol. The fraction of sp³-hybridized carbons (Fsp3) is 1.00. The molecule has 1 aliphatic heterocycles. The van der Waals surface area contributed by atoms with Crippen molar-refractivity contribution in [2.24, 2.45) is 5.92 Å². The van der Waals surface area contributed by atoms with Crippen molar-refractivity contribution in [1.82, 2.24) is 9.62 Å². The highest BCUT2D eigenvalue weighted by Gasteiger charge is 2.24. The van der Waals surface area contributed by atoms with E-state index in [9.17, 15) is 8.42 Å². The first-order valence-electron chi connectivity index (χ1n) is 5.70. The van der Waals surface area contributed by atoms with Gasteiger partial charge in [-0.2, -0.15) is 0 Å². The highest BCUT2D eigenvalue weighted by molar-refractivity contribution is 7.88. The third-order valence-corrected chi connectivity index (χ3v) is 4.21. The molecule has 0 aromatic carbocycles. The molecule has 0 aliphatic carbocycles. The third kappa shape index (κ3) is 5.48. The van der Waals surface area contributed by atoms with Crippen molar-refractivity contribution >= 4 is 22.4 Å². The van der Waals surface area contributed by atoms with Gasteiger partial charge in [-0.3, -0.25) is 0 Å². The SMILES string of the molecule is CCCNCC1CCN(S(C)(=O)=O)CC1.Cl. The van der Waals surface area contributed by atoms with E-state index in [1.54, 1.807) is 4.31 Å². The summed E-state index contributed by atoms with van der Waals surface area (Å²) in [5, 5.41) is 3.39. The molecule has 0 radical (unpaired) electrons. The van der Waals surface area contributed by atoms with E-state index in [1.807, 2.05) is 0 Å². The van der Waals surface area contributed by atoms with Crippen molar-refractivity contribution in [2.75, 3.05) is 32.4 Å². The average Bonchev–Trinajstić information content (AvgIpc) is 2.18. The predicted octanol–water partition coefficient (Wildman–Crippen LogP) is 1.08. The van der Waals surface area contributed by atoms with Gasteiger partial charge < -0.3 is 5.32 Å². The van der Waals surface area contributed by atoms with Crippen LogP contribution in [0.15, 0.2) is 0 Å². The molecular formula is C10H23ClN2O2S. The van der Waals surface area contributed by atoms with E-state index < -0.39 is 10.0 Å². The van der Waals surface area contributed by atoms with Crippen LogP contribution in [0, 0.1) is 5.92 Å². The molecule has 1 heterocycles. The van der Waals surface area contributed by atoms with E-state index in [-0.39, 0.29) is 12.4 Å². The Morgan fingerprint density at radius 3 is 2.31 bits per heavy atom. The molecule has 6 heteroatoms. The lowest BCUT2D eigenvalue weighted by molar-refractivity contribution is 0.269. The smallest absolute Gasteiger partial charge is 0.211 e. The van der Waals surface area contributed by atoms with Crippen LogP contribution in [-0.4, -0.2) is 45.2 Å². The second-order valence-corrected chi connectivity index (χ2v) is 6.29. The van der Waals surface area contributed by atoms with Crippen molar-refractivity contribution in [3.63, 3.8) is 0 Å². The van der Waals surface area contributed by atoms with Crippen LogP contribution in [0.25, 0.3) is 0 Å².